The Balaban J connectivity index is 2.47. The minimum atomic E-state index is 0.119. The van der Waals surface area contributed by atoms with Crippen LogP contribution in [0.4, 0.5) is 0 Å². The summed E-state index contributed by atoms with van der Waals surface area (Å²) in [5.74, 6) is 0.994. The van der Waals surface area contributed by atoms with Gasteiger partial charge in [-0.1, -0.05) is 12.1 Å². The van der Waals surface area contributed by atoms with Crippen LogP contribution in [0.2, 0.25) is 0 Å². The van der Waals surface area contributed by atoms with Gasteiger partial charge >= 0.3 is 0 Å². The van der Waals surface area contributed by atoms with Gasteiger partial charge < -0.3 is 10.5 Å². The lowest BCUT2D eigenvalue weighted by Crippen LogP contribution is -2.04. The first-order chi connectivity index (χ1) is 6.74. The van der Waals surface area contributed by atoms with E-state index in [0.717, 1.165) is 12.4 Å². The summed E-state index contributed by atoms with van der Waals surface area (Å²) in [7, 11) is 1.72. The van der Waals surface area contributed by atoms with Crippen LogP contribution in [0, 0.1) is 0 Å². The zero-order valence-corrected chi connectivity index (χ0v) is 9.51. The average Bonchev–Trinajstić information content (AvgIpc) is 2.19. The third-order valence-electron chi connectivity index (χ3n) is 1.96. The van der Waals surface area contributed by atoms with Crippen LogP contribution in [-0.4, -0.2) is 19.5 Å². The lowest BCUT2D eigenvalue weighted by molar-refractivity contribution is 0.218. The number of ether oxygens (including phenoxy) is 1. The minimum absolute atomic E-state index is 0.119. The van der Waals surface area contributed by atoms with Gasteiger partial charge in [-0.05, 0) is 24.6 Å². The van der Waals surface area contributed by atoms with E-state index in [2.05, 4.69) is 24.3 Å². The van der Waals surface area contributed by atoms with Gasteiger partial charge in [-0.15, -0.1) is 11.8 Å². The highest BCUT2D eigenvalue weighted by molar-refractivity contribution is 7.99. The molecular formula is C11H17NOS. The van der Waals surface area contributed by atoms with Crippen LogP contribution in [0.15, 0.2) is 29.2 Å². The largest absolute Gasteiger partial charge is 0.384 e. The molecule has 0 aliphatic heterocycles. The second-order valence-electron chi connectivity index (χ2n) is 3.20. The van der Waals surface area contributed by atoms with Gasteiger partial charge in [-0.25, -0.2) is 0 Å². The molecule has 1 rings (SSSR count). The molecule has 0 saturated carbocycles. The van der Waals surface area contributed by atoms with Gasteiger partial charge in [0, 0.05) is 23.8 Å². The Morgan fingerprint density at radius 3 is 2.50 bits per heavy atom. The molecule has 0 unspecified atom stereocenters. The van der Waals surface area contributed by atoms with E-state index in [-0.39, 0.29) is 6.04 Å². The monoisotopic (exact) mass is 211 g/mol. The summed E-state index contributed by atoms with van der Waals surface area (Å²) in [5.41, 5.74) is 6.94. The molecule has 0 aliphatic rings. The molecule has 0 saturated heterocycles. The third-order valence-corrected chi connectivity index (χ3v) is 2.94. The summed E-state index contributed by atoms with van der Waals surface area (Å²) in [4.78, 5) is 1.27. The molecule has 0 aliphatic carbocycles. The van der Waals surface area contributed by atoms with E-state index >= 15 is 0 Å². The van der Waals surface area contributed by atoms with Crippen LogP contribution >= 0.6 is 11.8 Å². The minimum Gasteiger partial charge on any atom is -0.384 e. The predicted molar refractivity (Wildman–Crippen MR) is 61.6 cm³/mol. The fourth-order valence-electron chi connectivity index (χ4n) is 1.11. The molecule has 1 aromatic carbocycles. The fourth-order valence-corrected chi connectivity index (χ4v) is 1.92. The molecule has 78 valence electrons. The van der Waals surface area contributed by atoms with Crippen LogP contribution in [-0.2, 0) is 4.74 Å². The third kappa shape index (κ3) is 3.70. The van der Waals surface area contributed by atoms with Crippen LogP contribution in [0.3, 0.4) is 0 Å². The molecule has 0 radical (unpaired) electrons. The summed E-state index contributed by atoms with van der Waals surface area (Å²) < 4.78 is 4.98. The highest BCUT2D eigenvalue weighted by Crippen LogP contribution is 2.19. The molecule has 0 bridgehead atoms. The van der Waals surface area contributed by atoms with E-state index in [4.69, 9.17) is 10.5 Å². The van der Waals surface area contributed by atoms with Crippen LogP contribution < -0.4 is 5.73 Å². The van der Waals surface area contributed by atoms with E-state index in [0.29, 0.717) is 0 Å². The Bertz CT molecular complexity index is 258. The first-order valence-electron chi connectivity index (χ1n) is 4.71. The van der Waals surface area contributed by atoms with E-state index in [9.17, 15) is 0 Å². The maximum atomic E-state index is 5.76. The lowest BCUT2D eigenvalue weighted by atomic mass is 10.1. The molecule has 2 N–H and O–H groups in total. The number of nitrogens with two attached hydrogens (primary N) is 1. The zero-order chi connectivity index (χ0) is 10.4. The lowest BCUT2D eigenvalue weighted by Gasteiger charge is -2.06. The number of thioether (sulfide) groups is 1. The van der Waals surface area contributed by atoms with Gasteiger partial charge in [-0.2, -0.15) is 0 Å². The molecule has 1 aromatic rings. The second kappa shape index (κ2) is 6.06. The van der Waals surface area contributed by atoms with Crippen LogP contribution in [0.5, 0.6) is 0 Å². The summed E-state index contributed by atoms with van der Waals surface area (Å²) >= 11 is 1.80. The Labute approximate surface area is 89.8 Å². The van der Waals surface area contributed by atoms with Crippen LogP contribution in [0.1, 0.15) is 18.5 Å². The van der Waals surface area contributed by atoms with Crippen molar-refractivity contribution in [3.8, 4) is 0 Å². The Hall–Kier alpha value is -0.510. The molecule has 3 heteroatoms. The van der Waals surface area contributed by atoms with Crippen molar-refractivity contribution in [2.24, 2.45) is 5.73 Å². The van der Waals surface area contributed by atoms with E-state index in [1.54, 1.807) is 18.9 Å². The smallest absolute Gasteiger partial charge is 0.0556 e. The highest BCUT2D eigenvalue weighted by Gasteiger charge is 1.98. The highest BCUT2D eigenvalue weighted by atomic mass is 32.2. The van der Waals surface area contributed by atoms with Crippen molar-refractivity contribution < 1.29 is 4.74 Å². The molecule has 0 spiro atoms. The molecule has 2 nitrogen and oxygen atoms in total. The zero-order valence-electron chi connectivity index (χ0n) is 8.69. The van der Waals surface area contributed by atoms with E-state index in [1.165, 1.54) is 10.5 Å². The van der Waals surface area contributed by atoms with Gasteiger partial charge in [0.15, 0.2) is 0 Å². The Morgan fingerprint density at radius 2 is 2.00 bits per heavy atom. The van der Waals surface area contributed by atoms with Gasteiger partial charge in [0.2, 0.25) is 0 Å². The fraction of sp³-hybridized carbons (Fsp3) is 0.455. The summed E-state index contributed by atoms with van der Waals surface area (Å²) in [6, 6.07) is 8.51. The van der Waals surface area contributed by atoms with Gasteiger partial charge in [0.1, 0.15) is 0 Å². The van der Waals surface area contributed by atoms with Gasteiger partial charge in [0.05, 0.1) is 6.61 Å². The van der Waals surface area contributed by atoms with Crippen molar-refractivity contribution in [1.29, 1.82) is 0 Å². The number of hydrogen-bond acceptors (Lipinski definition) is 3. The molecule has 0 amide bonds. The normalized spacial score (nSPS) is 12.8. The topological polar surface area (TPSA) is 35.2 Å². The van der Waals surface area contributed by atoms with Crippen molar-refractivity contribution in [3.63, 3.8) is 0 Å². The maximum Gasteiger partial charge on any atom is 0.0556 e. The molecule has 1 atom stereocenters. The van der Waals surface area contributed by atoms with Crippen molar-refractivity contribution in [2.75, 3.05) is 19.5 Å². The number of benzene rings is 1. The molecule has 14 heavy (non-hydrogen) atoms. The van der Waals surface area contributed by atoms with E-state index < -0.39 is 0 Å². The second-order valence-corrected chi connectivity index (χ2v) is 4.37. The van der Waals surface area contributed by atoms with Gasteiger partial charge in [-0.3, -0.25) is 0 Å². The Morgan fingerprint density at radius 1 is 1.36 bits per heavy atom. The number of hydrogen-bond donors (Lipinski definition) is 1. The van der Waals surface area contributed by atoms with Crippen molar-refractivity contribution in [2.45, 2.75) is 17.9 Å². The van der Waals surface area contributed by atoms with Gasteiger partial charge in [0.25, 0.3) is 0 Å². The van der Waals surface area contributed by atoms with Crippen molar-refractivity contribution >= 4 is 11.8 Å². The Kier molecular flexibility index (Phi) is 5.01. The summed E-state index contributed by atoms with van der Waals surface area (Å²) in [5, 5.41) is 0. The van der Waals surface area contributed by atoms with Crippen molar-refractivity contribution in [3.05, 3.63) is 29.8 Å². The van der Waals surface area contributed by atoms with E-state index in [1.807, 2.05) is 6.92 Å². The molecular weight excluding hydrogens is 194 g/mol. The summed E-state index contributed by atoms with van der Waals surface area (Å²) in [6.07, 6.45) is 0. The predicted octanol–water partition coefficient (Wildman–Crippen LogP) is 2.44. The molecule has 0 aromatic heterocycles. The number of methoxy groups -OCH3 is 1. The first kappa shape index (κ1) is 11.6. The van der Waals surface area contributed by atoms with Crippen LogP contribution in [0.25, 0.3) is 0 Å². The molecule has 0 fully saturated rings. The average molecular weight is 211 g/mol. The number of rotatable bonds is 5. The summed E-state index contributed by atoms with van der Waals surface area (Å²) in [6.45, 7) is 2.78. The molecule has 0 heterocycles. The van der Waals surface area contributed by atoms with Crippen molar-refractivity contribution in [1.82, 2.24) is 0 Å². The first-order valence-corrected chi connectivity index (χ1v) is 5.70. The standard InChI is InChI=1S/C11H17NOS/c1-9(12)10-3-5-11(6-4-10)14-8-7-13-2/h3-6,9H,7-8,12H2,1-2H3/t9-/m0/s1. The SMILES string of the molecule is COCCSc1ccc([C@H](C)N)cc1. The quantitative estimate of drug-likeness (QED) is 0.600. The maximum absolute atomic E-state index is 5.76.